The Kier molecular flexibility index (Phi) is 3.96. The van der Waals surface area contributed by atoms with Gasteiger partial charge in [0.25, 0.3) is 0 Å². The summed E-state index contributed by atoms with van der Waals surface area (Å²) < 4.78 is 12.7. The lowest BCUT2D eigenvalue weighted by Gasteiger charge is -2.22. The second-order valence-corrected chi connectivity index (χ2v) is 4.44. The average Bonchev–Trinajstić information content (AvgIpc) is 2.33. The number of carbonyl (C=O) groups is 1. The summed E-state index contributed by atoms with van der Waals surface area (Å²) >= 11 is 0. The highest BCUT2D eigenvalue weighted by atomic mass is 18.2. The molecule has 0 aliphatic heterocycles. The van der Waals surface area contributed by atoms with Crippen molar-refractivity contribution in [3.05, 3.63) is 30.1 Å². The summed E-state index contributed by atoms with van der Waals surface area (Å²) in [5, 5.41) is 5.64. The molecule has 17 heavy (non-hydrogen) atoms. The molecule has 2 amide bonds. The van der Waals surface area contributed by atoms with Crippen LogP contribution < -0.4 is 10.6 Å². The standard InChI is InChI=1S/C13H17FN2O/c14-10-6-8-12(9-7-10)16-13(17)15-11-4-2-1-3-5-11/h6-9,11H,1-5H2,(H2,15,16,17)/i14-1. The minimum absolute atomic E-state index is 0.205. The first-order chi connectivity index (χ1) is 8.24. The van der Waals surface area contributed by atoms with Gasteiger partial charge < -0.3 is 10.6 Å². The first kappa shape index (κ1) is 11.9. The van der Waals surface area contributed by atoms with E-state index in [4.69, 9.17) is 0 Å². The molecular formula is C13H17FN2O. The average molecular weight is 235 g/mol. The van der Waals surface area contributed by atoms with E-state index in [1.165, 1.54) is 31.4 Å². The molecule has 0 unspecified atom stereocenters. The molecule has 1 aliphatic rings. The van der Waals surface area contributed by atoms with Crippen LogP contribution >= 0.6 is 0 Å². The lowest BCUT2D eigenvalue weighted by Crippen LogP contribution is -2.38. The van der Waals surface area contributed by atoms with Crippen LogP contribution in [0.1, 0.15) is 32.1 Å². The molecule has 2 N–H and O–H groups in total. The number of hydrogen-bond donors (Lipinski definition) is 2. The Morgan fingerprint density at radius 3 is 2.41 bits per heavy atom. The van der Waals surface area contributed by atoms with Crippen LogP contribution in [0.2, 0.25) is 0 Å². The Hall–Kier alpha value is -1.58. The molecule has 1 saturated carbocycles. The minimum atomic E-state index is -0.303. The summed E-state index contributed by atoms with van der Waals surface area (Å²) in [6.45, 7) is 0. The molecule has 1 aliphatic carbocycles. The highest BCUT2D eigenvalue weighted by molar-refractivity contribution is 5.89. The van der Waals surface area contributed by atoms with E-state index < -0.39 is 0 Å². The summed E-state index contributed by atoms with van der Waals surface area (Å²) in [7, 11) is 0. The topological polar surface area (TPSA) is 41.1 Å². The van der Waals surface area contributed by atoms with Crippen LogP contribution in [0.25, 0.3) is 0 Å². The summed E-state index contributed by atoms with van der Waals surface area (Å²) in [6.07, 6.45) is 5.73. The van der Waals surface area contributed by atoms with E-state index in [0.29, 0.717) is 5.69 Å². The molecule has 0 saturated heterocycles. The molecule has 0 radical (unpaired) electrons. The van der Waals surface area contributed by atoms with Crippen molar-refractivity contribution in [1.82, 2.24) is 5.32 Å². The highest BCUT2D eigenvalue weighted by Crippen LogP contribution is 2.17. The van der Waals surface area contributed by atoms with Gasteiger partial charge in [0.15, 0.2) is 0 Å². The fourth-order valence-corrected chi connectivity index (χ4v) is 2.13. The lowest BCUT2D eigenvalue weighted by molar-refractivity contribution is 0.244. The molecule has 92 valence electrons. The van der Waals surface area contributed by atoms with Gasteiger partial charge in [0.1, 0.15) is 5.82 Å². The first-order valence-corrected chi connectivity index (χ1v) is 6.07. The number of hydrogen-bond acceptors (Lipinski definition) is 1. The quantitative estimate of drug-likeness (QED) is 0.811. The monoisotopic (exact) mass is 235 g/mol. The predicted octanol–water partition coefficient (Wildman–Crippen LogP) is 3.28. The Bertz CT molecular complexity index is 372. The third kappa shape index (κ3) is 3.73. The SMILES string of the molecule is O=C(Nc1ccc([18F])cc1)NC1CCCCC1. The van der Waals surface area contributed by atoms with E-state index in [1.54, 1.807) is 12.1 Å². The molecule has 0 aromatic heterocycles. The van der Waals surface area contributed by atoms with Crippen molar-refractivity contribution in [2.24, 2.45) is 0 Å². The molecule has 1 aromatic carbocycles. The molecule has 1 aromatic rings. The molecular weight excluding hydrogens is 218 g/mol. The maximum Gasteiger partial charge on any atom is 0.319 e. The van der Waals surface area contributed by atoms with E-state index in [-0.39, 0.29) is 17.9 Å². The van der Waals surface area contributed by atoms with E-state index in [1.807, 2.05) is 0 Å². The number of halogens is 1. The van der Waals surface area contributed by atoms with E-state index >= 15 is 0 Å². The lowest BCUT2D eigenvalue weighted by atomic mass is 9.96. The number of urea groups is 1. The Morgan fingerprint density at radius 2 is 1.76 bits per heavy atom. The van der Waals surface area contributed by atoms with Crippen molar-refractivity contribution in [2.75, 3.05) is 5.32 Å². The third-order valence-electron chi connectivity index (χ3n) is 3.04. The molecule has 3 nitrogen and oxygen atoms in total. The maximum atomic E-state index is 12.7. The van der Waals surface area contributed by atoms with Gasteiger partial charge in [-0.25, -0.2) is 9.18 Å². The van der Waals surface area contributed by atoms with Crippen LogP contribution in [-0.4, -0.2) is 12.1 Å². The van der Waals surface area contributed by atoms with Crippen LogP contribution in [0, 0.1) is 5.82 Å². The fraction of sp³-hybridized carbons (Fsp3) is 0.462. The van der Waals surface area contributed by atoms with Crippen LogP contribution in [-0.2, 0) is 0 Å². The van der Waals surface area contributed by atoms with Gasteiger partial charge in [0.2, 0.25) is 0 Å². The van der Waals surface area contributed by atoms with E-state index in [2.05, 4.69) is 10.6 Å². The smallest absolute Gasteiger partial charge is 0.319 e. The molecule has 0 spiro atoms. The fourth-order valence-electron chi connectivity index (χ4n) is 2.13. The first-order valence-electron chi connectivity index (χ1n) is 6.07. The third-order valence-corrected chi connectivity index (χ3v) is 3.04. The zero-order chi connectivity index (χ0) is 12.1. The van der Waals surface area contributed by atoms with Gasteiger partial charge >= 0.3 is 6.03 Å². The van der Waals surface area contributed by atoms with Gasteiger partial charge in [-0.15, -0.1) is 0 Å². The van der Waals surface area contributed by atoms with E-state index in [0.717, 1.165) is 12.8 Å². The normalized spacial score (nSPS) is 16.5. The second kappa shape index (κ2) is 5.66. The van der Waals surface area contributed by atoms with Gasteiger partial charge in [0, 0.05) is 11.7 Å². The Morgan fingerprint density at radius 1 is 1.12 bits per heavy atom. The van der Waals surface area contributed by atoms with Crippen LogP contribution in [0.5, 0.6) is 0 Å². The van der Waals surface area contributed by atoms with E-state index in [9.17, 15) is 9.18 Å². The molecule has 0 heterocycles. The summed E-state index contributed by atoms with van der Waals surface area (Å²) in [4.78, 5) is 11.6. The summed E-state index contributed by atoms with van der Waals surface area (Å²) in [5.74, 6) is -0.303. The number of rotatable bonds is 2. The van der Waals surface area contributed by atoms with Gasteiger partial charge in [-0.05, 0) is 37.1 Å². The van der Waals surface area contributed by atoms with Gasteiger partial charge in [-0.2, -0.15) is 0 Å². The summed E-state index contributed by atoms with van der Waals surface area (Å²) in [5.41, 5.74) is 0.611. The number of nitrogens with one attached hydrogen (secondary N) is 2. The van der Waals surface area contributed by atoms with Crippen LogP contribution in [0.15, 0.2) is 24.3 Å². The zero-order valence-corrected chi connectivity index (χ0v) is 9.71. The predicted molar refractivity (Wildman–Crippen MR) is 65.4 cm³/mol. The van der Waals surface area contributed by atoms with Crippen molar-refractivity contribution < 1.29 is 9.18 Å². The highest BCUT2D eigenvalue weighted by Gasteiger charge is 2.15. The van der Waals surface area contributed by atoms with Crippen LogP contribution in [0.3, 0.4) is 0 Å². The molecule has 0 bridgehead atoms. The largest absolute Gasteiger partial charge is 0.335 e. The van der Waals surface area contributed by atoms with Crippen LogP contribution in [0.4, 0.5) is 14.9 Å². The number of carbonyl (C=O) groups excluding carboxylic acids is 1. The van der Waals surface area contributed by atoms with Gasteiger partial charge in [0.05, 0.1) is 0 Å². The minimum Gasteiger partial charge on any atom is -0.335 e. The molecule has 2 rings (SSSR count). The maximum absolute atomic E-state index is 12.7. The number of amides is 2. The Balaban J connectivity index is 1.82. The number of benzene rings is 1. The van der Waals surface area contributed by atoms with Gasteiger partial charge in [-0.3, -0.25) is 0 Å². The molecule has 0 atom stereocenters. The molecule has 1 fully saturated rings. The Labute approximate surface area is 100 Å². The van der Waals surface area contributed by atoms with Crippen molar-refractivity contribution in [3.8, 4) is 0 Å². The number of anilines is 1. The second-order valence-electron chi connectivity index (χ2n) is 4.44. The zero-order valence-electron chi connectivity index (χ0n) is 9.71. The summed E-state index contributed by atoms with van der Waals surface area (Å²) in [6, 6.07) is 5.84. The van der Waals surface area contributed by atoms with Crippen molar-refractivity contribution in [3.63, 3.8) is 0 Å². The van der Waals surface area contributed by atoms with Crippen molar-refractivity contribution in [2.45, 2.75) is 38.1 Å². The molecule has 4 heteroatoms. The van der Waals surface area contributed by atoms with Gasteiger partial charge in [-0.1, -0.05) is 19.3 Å². The van der Waals surface area contributed by atoms with Crippen molar-refractivity contribution >= 4 is 11.7 Å². The van der Waals surface area contributed by atoms with Crippen molar-refractivity contribution in [1.29, 1.82) is 0 Å².